The molecule has 2 aromatic carbocycles. The molecule has 2 heterocycles. The van der Waals surface area contributed by atoms with Crippen LogP contribution < -0.4 is 0 Å². The van der Waals surface area contributed by atoms with Crippen LogP contribution >= 0.6 is 23.4 Å². The molecule has 1 aromatic heterocycles. The Bertz CT molecular complexity index is 1210. The quantitative estimate of drug-likeness (QED) is 0.349. The summed E-state index contributed by atoms with van der Waals surface area (Å²) in [5, 5.41) is 10.1. The molecule has 0 bridgehead atoms. The van der Waals surface area contributed by atoms with Gasteiger partial charge in [-0.2, -0.15) is 4.31 Å². The van der Waals surface area contributed by atoms with Crippen LogP contribution in [0.15, 0.2) is 71.2 Å². The van der Waals surface area contributed by atoms with Crippen molar-refractivity contribution in [1.29, 1.82) is 0 Å². The minimum absolute atomic E-state index is 0.232. The fraction of sp³-hybridized carbons (Fsp3) is 0.273. The maximum atomic E-state index is 13.1. The number of aromatic nitrogens is 3. The molecular formula is C22H23ClN4O3S2. The summed E-state index contributed by atoms with van der Waals surface area (Å²) < 4.78 is 34.8. The lowest BCUT2D eigenvalue weighted by Crippen LogP contribution is -2.40. The van der Waals surface area contributed by atoms with Crippen LogP contribution in [0.1, 0.15) is 5.56 Å². The second-order valence-electron chi connectivity index (χ2n) is 7.13. The predicted octanol–water partition coefficient (Wildman–Crippen LogP) is 4.10. The molecule has 0 unspecified atom stereocenters. The minimum atomic E-state index is -3.61. The van der Waals surface area contributed by atoms with Crippen LogP contribution in [0.3, 0.4) is 0 Å². The fourth-order valence-corrected chi connectivity index (χ4v) is 6.08. The van der Waals surface area contributed by atoms with Crippen molar-refractivity contribution in [3.8, 4) is 11.4 Å². The Morgan fingerprint density at radius 1 is 1.12 bits per heavy atom. The molecule has 3 aromatic rings. The van der Waals surface area contributed by atoms with Gasteiger partial charge in [0.05, 0.1) is 18.1 Å². The maximum absolute atomic E-state index is 13.1. The molecule has 0 N–H and O–H groups in total. The fourth-order valence-electron chi connectivity index (χ4n) is 3.39. The minimum Gasteiger partial charge on any atom is -0.379 e. The summed E-state index contributed by atoms with van der Waals surface area (Å²) in [6.07, 6.45) is 1.76. The van der Waals surface area contributed by atoms with Gasteiger partial charge in [-0.15, -0.1) is 16.8 Å². The molecule has 1 aliphatic heterocycles. The van der Waals surface area contributed by atoms with E-state index < -0.39 is 10.0 Å². The Labute approximate surface area is 197 Å². The summed E-state index contributed by atoms with van der Waals surface area (Å²) >= 11 is 7.79. The lowest BCUT2D eigenvalue weighted by Gasteiger charge is -2.26. The van der Waals surface area contributed by atoms with Crippen LogP contribution in [0.25, 0.3) is 11.4 Å². The molecule has 7 nitrogen and oxygen atoms in total. The van der Waals surface area contributed by atoms with E-state index >= 15 is 0 Å². The summed E-state index contributed by atoms with van der Waals surface area (Å²) in [5.74, 6) is 1.23. The third-order valence-electron chi connectivity index (χ3n) is 5.04. The SMILES string of the molecule is C=CCn1c(SCc2ccccc2Cl)nnc1-c1cccc(S(=O)(=O)N2CCOCC2)c1. The Morgan fingerprint density at radius 3 is 2.66 bits per heavy atom. The molecule has 32 heavy (non-hydrogen) atoms. The second kappa shape index (κ2) is 10.2. The summed E-state index contributed by atoms with van der Waals surface area (Å²) in [5.41, 5.74) is 1.69. The molecular weight excluding hydrogens is 468 g/mol. The Kier molecular flexibility index (Phi) is 7.32. The van der Waals surface area contributed by atoms with E-state index in [2.05, 4.69) is 16.8 Å². The van der Waals surface area contributed by atoms with Gasteiger partial charge in [0, 0.05) is 36.0 Å². The summed E-state index contributed by atoms with van der Waals surface area (Å²) in [7, 11) is -3.61. The summed E-state index contributed by atoms with van der Waals surface area (Å²) in [6, 6.07) is 14.5. The van der Waals surface area contributed by atoms with E-state index in [-0.39, 0.29) is 4.90 Å². The van der Waals surface area contributed by atoms with Crippen molar-refractivity contribution in [2.75, 3.05) is 26.3 Å². The normalized spacial score (nSPS) is 15.0. The van der Waals surface area contributed by atoms with E-state index in [1.807, 2.05) is 34.9 Å². The van der Waals surface area contributed by atoms with E-state index in [1.54, 1.807) is 24.3 Å². The van der Waals surface area contributed by atoms with E-state index in [0.29, 0.717) is 60.2 Å². The van der Waals surface area contributed by atoms with Gasteiger partial charge >= 0.3 is 0 Å². The smallest absolute Gasteiger partial charge is 0.243 e. The molecule has 0 saturated carbocycles. The molecule has 1 fully saturated rings. The average molecular weight is 491 g/mol. The third-order valence-corrected chi connectivity index (χ3v) is 8.32. The van der Waals surface area contributed by atoms with E-state index in [0.717, 1.165) is 5.56 Å². The van der Waals surface area contributed by atoms with Crippen molar-refractivity contribution in [3.63, 3.8) is 0 Å². The van der Waals surface area contributed by atoms with Gasteiger partial charge in [-0.05, 0) is 23.8 Å². The van der Waals surface area contributed by atoms with Crippen LogP contribution in [0, 0.1) is 0 Å². The van der Waals surface area contributed by atoms with Crippen LogP contribution in [0.4, 0.5) is 0 Å². The summed E-state index contributed by atoms with van der Waals surface area (Å²) in [6.45, 7) is 5.84. The zero-order valence-electron chi connectivity index (χ0n) is 17.4. The van der Waals surface area contributed by atoms with Crippen LogP contribution in [0.5, 0.6) is 0 Å². The van der Waals surface area contributed by atoms with E-state index in [4.69, 9.17) is 16.3 Å². The second-order valence-corrected chi connectivity index (χ2v) is 10.4. The zero-order chi connectivity index (χ0) is 22.6. The highest BCUT2D eigenvalue weighted by Crippen LogP contribution is 2.30. The molecule has 0 spiro atoms. The number of nitrogens with zero attached hydrogens (tertiary/aromatic N) is 4. The number of hydrogen-bond acceptors (Lipinski definition) is 6. The standard InChI is InChI=1S/C22H23ClN4O3S2/c1-2-10-27-21(24-25-22(27)31-16-18-6-3-4-9-20(18)23)17-7-5-8-19(15-17)32(28,29)26-11-13-30-14-12-26/h2-9,15H,1,10-14,16H2. The number of hydrogen-bond donors (Lipinski definition) is 0. The van der Waals surface area contributed by atoms with E-state index in [9.17, 15) is 8.42 Å². The topological polar surface area (TPSA) is 77.3 Å². The highest BCUT2D eigenvalue weighted by Gasteiger charge is 2.27. The Morgan fingerprint density at radius 2 is 1.91 bits per heavy atom. The molecule has 1 aliphatic rings. The molecule has 10 heteroatoms. The average Bonchev–Trinajstić information content (AvgIpc) is 3.22. The van der Waals surface area contributed by atoms with Crippen LogP contribution in [0.2, 0.25) is 5.02 Å². The maximum Gasteiger partial charge on any atom is 0.243 e. The molecule has 0 amide bonds. The molecule has 168 valence electrons. The van der Waals surface area contributed by atoms with E-state index in [1.165, 1.54) is 16.1 Å². The first-order valence-corrected chi connectivity index (χ1v) is 12.9. The molecule has 0 radical (unpaired) electrons. The van der Waals surface area contributed by atoms with Crippen molar-refractivity contribution in [2.24, 2.45) is 0 Å². The van der Waals surface area contributed by atoms with Gasteiger partial charge in [-0.3, -0.25) is 4.57 Å². The third kappa shape index (κ3) is 4.92. The van der Waals surface area contributed by atoms with Crippen molar-refractivity contribution >= 4 is 33.4 Å². The van der Waals surface area contributed by atoms with Crippen molar-refractivity contribution < 1.29 is 13.2 Å². The predicted molar refractivity (Wildman–Crippen MR) is 126 cm³/mol. The van der Waals surface area contributed by atoms with Crippen molar-refractivity contribution in [1.82, 2.24) is 19.1 Å². The number of thioether (sulfide) groups is 1. The van der Waals surface area contributed by atoms with Crippen molar-refractivity contribution in [2.45, 2.75) is 22.3 Å². The molecule has 0 aliphatic carbocycles. The van der Waals surface area contributed by atoms with Gasteiger partial charge in [0.15, 0.2) is 11.0 Å². The molecule has 0 atom stereocenters. The van der Waals surface area contributed by atoms with Gasteiger partial charge < -0.3 is 4.74 Å². The van der Waals surface area contributed by atoms with Gasteiger partial charge in [0.2, 0.25) is 10.0 Å². The monoisotopic (exact) mass is 490 g/mol. The number of rotatable bonds is 8. The number of benzene rings is 2. The number of ether oxygens (including phenoxy) is 1. The first-order valence-electron chi connectivity index (χ1n) is 10.1. The van der Waals surface area contributed by atoms with Crippen molar-refractivity contribution in [3.05, 3.63) is 71.8 Å². The number of halogens is 1. The van der Waals surface area contributed by atoms with Gasteiger partial charge in [-0.1, -0.05) is 59.8 Å². The van der Waals surface area contributed by atoms with Gasteiger partial charge in [-0.25, -0.2) is 8.42 Å². The van der Waals surface area contributed by atoms with Crippen LogP contribution in [-0.4, -0.2) is 53.8 Å². The molecule has 4 rings (SSSR count). The zero-order valence-corrected chi connectivity index (χ0v) is 19.7. The number of morpholine rings is 1. The van der Waals surface area contributed by atoms with Crippen LogP contribution in [-0.2, 0) is 27.1 Å². The highest BCUT2D eigenvalue weighted by atomic mass is 35.5. The first-order chi connectivity index (χ1) is 15.5. The highest BCUT2D eigenvalue weighted by molar-refractivity contribution is 7.98. The first kappa shape index (κ1) is 23.0. The van der Waals surface area contributed by atoms with Gasteiger partial charge in [0.25, 0.3) is 0 Å². The lowest BCUT2D eigenvalue weighted by molar-refractivity contribution is 0.0730. The Balaban J connectivity index is 1.63. The number of allylic oxidation sites excluding steroid dienone is 1. The number of sulfonamides is 1. The van der Waals surface area contributed by atoms with Gasteiger partial charge in [0.1, 0.15) is 0 Å². The molecule has 1 saturated heterocycles. The summed E-state index contributed by atoms with van der Waals surface area (Å²) in [4.78, 5) is 0.232. The Hall–Kier alpha value is -2.17. The largest absolute Gasteiger partial charge is 0.379 e. The lowest BCUT2D eigenvalue weighted by atomic mass is 10.2.